The normalized spacial score (nSPS) is 21.9. The highest BCUT2D eigenvalue weighted by atomic mass is 16.5. The molecule has 2 atom stereocenters. The molecule has 1 fully saturated rings. The van der Waals surface area contributed by atoms with E-state index in [2.05, 4.69) is 41.2 Å². The third-order valence-corrected chi connectivity index (χ3v) is 3.47. The third-order valence-electron chi connectivity index (χ3n) is 3.47. The van der Waals surface area contributed by atoms with Gasteiger partial charge < -0.3 is 10.1 Å². The monoisotopic (exact) mass is 237 g/mol. The average Bonchev–Trinajstić information content (AvgIpc) is 2.99. The summed E-state index contributed by atoms with van der Waals surface area (Å²) in [7, 11) is 0. The van der Waals surface area contributed by atoms with Crippen LogP contribution in [0.15, 0.2) is 12.3 Å². The van der Waals surface area contributed by atoms with Crippen molar-refractivity contribution in [3.63, 3.8) is 0 Å². The smallest absolute Gasteiger partial charge is 0.0762 e. The molecule has 0 aromatic carbocycles. The number of ether oxygens (including phenoxy) is 1. The molecule has 1 N–H and O–H groups in total. The Balaban J connectivity index is 1.73. The minimum Gasteiger partial charge on any atom is -0.381 e. The summed E-state index contributed by atoms with van der Waals surface area (Å²) in [4.78, 5) is 0. The Hall–Kier alpha value is -0.870. The number of aromatic nitrogens is 2. The van der Waals surface area contributed by atoms with E-state index >= 15 is 0 Å². The number of hydrogen-bond donors (Lipinski definition) is 1. The Labute approximate surface area is 103 Å². The second kappa shape index (κ2) is 6.17. The summed E-state index contributed by atoms with van der Waals surface area (Å²) in [5.74, 6) is 0.687. The van der Waals surface area contributed by atoms with Gasteiger partial charge in [0.15, 0.2) is 0 Å². The van der Waals surface area contributed by atoms with Gasteiger partial charge in [0.2, 0.25) is 0 Å². The van der Waals surface area contributed by atoms with Crippen LogP contribution in [0.4, 0.5) is 0 Å². The van der Waals surface area contributed by atoms with Crippen LogP contribution in [0.5, 0.6) is 0 Å². The molecule has 2 heterocycles. The van der Waals surface area contributed by atoms with Gasteiger partial charge in [0, 0.05) is 31.9 Å². The minimum atomic E-state index is 0.493. The summed E-state index contributed by atoms with van der Waals surface area (Å²) in [5, 5.41) is 8.03. The molecule has 0 aliphatic carbocycles. The molecular weight excluding hydrogens is 214 g/mol. The summed E-state index contributed by atoms with van der Waals surface area (Å²) in [6.45, 7) is 8.11. The fourth-order valence-electron chi connectivity index (χ4n) is 2.05. The molecule has 1 saturated heterocycles. The van der Waals surface area contributed by atoms with Gasteiger partial charge in [0.05, 0.1) is 12.3 Å². The lowest BCUT2D eigenvalue weighted by Gasteiger charge is -2.09. The van der Waals surface area contributed by atoms with Gasteiger partial charge in [-0.15, -0.1) is 0 Å². The second-order valence-electron chi connectivity index (χ2n) is 4.90. The number of nitrogens with one attached hydrogen (secondary N) is 1. The summed E-state index contributed by atoms with van der Waals surface area (Å²) in [6, 6.07) is 2.59. The molecule has 0 saturated carbocycles. The van der Waals surface area contributed by atoms with Crippen molar-refractivity contribution in [1.29, 1.82) is 0 Å². The first-order valence-corrected chi connectivity index (χ1v) is 6.62. The molecule has 0 radical (unpaired) electrons. The van der Waals surface area contributed by atoms with Crippen molar-refractivity contribution < 1.29 is 4.74 Å². The first-order chi connectivity index (χ1) is 8.29. The first-order valence-electron chi connectivity index (χ1n) is 6.62. The molecular formula is C13H23N3O. The van der Waals surface area contributed by atoms with Gasteiger partial charge in [-0.25, -0.2) is 0 Å². The summed E-state index contributed by atoms with van der Waals surface area (Å²) >= 11 is 0. The maximum Gasteiger partial charge on any atom is 0.0762 e. The molecule has 2 rings (SSSR count). The molecule has 2 unspecified atom stereocenters. The molecule has 1 aromatic heterocycles. The van der Waals surface area contributed by atoms with Gasteiger partial charge in [-0.2, -0.15) is 5.10 Å². The van der Waals surface area contributed by atoms with Crippen molar-refractivity contribution in [3.8, 4) is 0 Å². The van der Waals surface area contributed by atoms with Crippen LogP contribution in [0.3, 0.4) is 0 Å². The quantitative estimate of drug-likeness (QED) is 0.822. The second-order valence-corrected chi connectivity index (χ2v) is 4.90. The van der Waals surface area contributed by atoms with E-state index in [0.717, 1.165) is 38.4 Å². The van der Waals surface area contributed by atoms with Crippen LogP contribution < -0.4 is 5.32 Å². The van der Waals surface area contributed by atoms with E-state index < -0.39 is 0 Å². The van der Waals surface area contributed by atoms with E-state index in [0.29, 0.717) is 12.0 Å². The van der Waals surface area contributed by atoms with Crippen molar-refractivity contribution in [2.75, 3.05) is 19.8 Å². The number of rotatable bonds is 6. The third kappa shape index (κ3) is 3.54. The lowest BCUT2D eigenvalue weighted by Crippen LogP contribution is -2.23. The van der Waals surface area contributed by atoms with Gasteiger partial charge in [0.1, 0.15) is 0 Å². The Morgan fingerprint density at radius 2 is 2.53 bits per heavy atom. The van der Waals surface area contributed by atoms with Gasteiger partial charge in [-0.1, -0.05) is 6.92 Å². The Bertz CT molecular complexity index is 331. The number of nitrogens with zero attached hydrogens (tertiary/aromatic N) is 2. The van der Waals surface area contributed by atoms with E-state index in [9.17, 15) is 0 Å². The SMILES string of the molecule is CCC(C)n1ccc(CNCC2CCOC2)n1. The summed E-state index contributed by atoms with van der Waals surface area (Å²) < 4.78 is 7.40. The maximum absolute atomic E-state index is 5.35. The molecule has 1 aliphatic rings. The minimum absolute atomic E-state index is 0.493. The van der Waals surface area contributed by atoms with Crippen LogP contribution in [-0.4, -0.2) is 29.5 Å². The van der Waals surface area contributed by atoms with Crippen molar-refractivity contribution in [2.24, 2.45) is 5.92 Å². The number of hydrogen-bond acceptors (Lipinski definition) is 3. The molecule has 0 spiro atoms. The first kappa shape index (κ1) is 12.6. The van der Waals surface area contributed by atoms with E-state index in [1.165, 1.54) is 6.42 Å². The highest BCUT2D eigenvalue weighted by molar-refractivity contribution is 4.99. The zero-order chi connectivity index (χ0) is 12.1. The van der Waals surface area contributed by atoms with Crippen LogP contribution in [0.25, 0.3) is 0 Å². The zero-order valence-electron chi connectivity index (χ0n) is 10.9. The van der Waals surface area contributed by atoms with Crippen molar-refractivity contribution in [3.05, 3.63) is 18.0 Å². The van der Waals surface area contributed by atoms with Crippen LogP contribution in [0, 0.1) is 5.92 Å². The Morgan fingerprint density at radius 3 is 3.24 bits per heavy atom. The van der Waals surface area contributed by atoms with Crippen molar-refractivity contribution >= 4 is 0 Å². The van der Waals surface area contributed by atoms with E-state index in [1.807, 2.05) is 0 Å². The molecule has 96 valence electrons. The van der Waals surface area contributed by atoms with E-state index in [-0.39, 0.29) is 0 Å². The highest BCUT2D eigenvalue weighted by Crippen LogP contribution is 2.11. The fraction of sp³-hybridized carbons (Fsp3) is 0.769. The van der Waals surface area contributed by atoms with Crippen molar-refractivity contribution in [2.45, 2.75) is 39.3 Å². The van der Waals surface area contributed by atoms with Crippen LogP contribution in [0.1, 0.15) is 38.4 Å². The van der Waals surface area contributed by atoms with Gasteiger partial charge >= 0.3 is 0 Å². The lowest BCUT2D eigenvalue weighted by atomic mass is 10.1. The van der Waals surface area contributed by atoms with Gasteiger partial charge in [-0.05, 0) is 31.7 Å². The van der Waals surface area contributed by atoms with Crippen LogP contribution in [-0.2, 0) is 11.3 Å². The highest BCUT2D eigenvalue weighted by Gasteiger charge is 2.14. The van der Waals surface area contributed by atoms with Gasteiger partial charge in [0.25, 0.3) is 0 Å². The molecule has 0 bridgehead atoms. The Morgan fingerprint density at radius 1 is 1.65 bits per heavy atom. The van der Waals surface area contributed by atoms with E-state index in [1.54, 1.807) is 0 Å². The van der Waals surface area contributed by atoms with Gasteiger partial charge in [-0.3, -0.25) is 4.68 Å². The average molecular weight is 237 g/mol. The van der Waals surface area contributed by atoms with E-state index in [4.69, 9.17) is 4.74 Å². The van der Waals surface area contributed by atoms with Crippen molar-refractivity contribution in [1.82, 2.24) is 15.1 Å². The maximum atomic E-state index is 5.35. The molecule has 4 heteroatoms. The summed E-state index contributed by atoms with van der Waals surface area (Å²) in [5.41, 5.74) is 1.13. The fourth-order valence-corrected chi connectivity index (χ4v) is 2.05. The predicted molar refractivity (Wildman–Crippen MR) is 67.9 cm³/mol. The Kier molecular flexibility index (Phi) is 4.57. The van der Waals surface area contributed by atoms with Crippen LogP contribution in [0.2, 0.25) is 0 Å². The molecule has 1 aliphatic heterocycles. The topological polar surface area (TPSA) is 39.1 Å². The molecule has 17 heavy (non-hydrogen) atoms. The molecule has 1 aromatic rings. The lowest BCUT2D eigenvalue weighted by molar-refractivity contribution is 0.185. The zero-order valence-corrected chi connectivity index (χ0v) is 10.9. The predicted octanol–water partition coefficient (Wildman–Crippen LogP) is 1.98. The molecule has 0 amide bonds. The van der Waals surface area contributed by atoms with Crippen LogP contribution >= 0.6 is 0 Å². The molecule has 4 nitrogen and oxygen atoms in total. The summed E-state index contributed by atoms with van der Waals surface area (Å²) in [6.07, 6.45) is 4.38. The standard InChI is InChI=1S/C13H23N3O/c1-3-11(2)16-6-4-13(15-16)9-14-8-12-5-7-17-10-12/h4,6,11-12,14H,3,5,7-10H2,1-2H3. The largest absolute Gasteiger partial charge is 0.381 e.